The van der Waals surface area contributed by atoms with Crippen molar-refractivity contribution in [2.45, 2.75) is 38.0 Å². The lowest BCUT2D eigenvalue weighted by Gasteiger charge is -2.36. The third kappa shape index (κ3) is 4.29. The number of fused-ring (bicyclic) bond motifs is 1. The molecule has 0 spiro atoms. The van der Waals surface area contributed by atoms with Crippen molar-refractivity contribution in [1.82, 2.24) is 14.9 Å². The van der Waals surface area contributed by atoms with Crippen LogP contribution in [0.2, 0.25) is 0 Å². The zero-order valence-corrected chi connectivity index (χ0v) is 17.8. The van der Waals surface area contributed by atoms with Crippen LogP contribution in [0.15, 0.2) is 48.8 Å². The van der Waals surface area contributed by atoms with Crippen molar-refractivity contribution in [1.29, 1.82) is 0 Å². The molecular weight excluding hydrogens is 391 g/mol. The second-order valence-electron chi connectivity index (χ2n) is 8.91. The molecule has 0 radical (unpaired) electrons. The Bertz CT molecular complexity index is 1030. The molecule has 2 aliphatic rings. The summed E-state index contributed by atoms with van der Waals surface area (Å²) in [6.07, 6.45) is 8.76. The van der Waals surface area contributed by atoms with Crippen LogP contribution in [0.4, 0.5) is 10.2 Å². The fourth-order valence-corrected chi connectivity index (χ4v) is 5.23. The number of aromatic amines is 1. The molecule has 31 heavy (non-hydrogen) atoms. The molecule has 3 heterocycles. The van der Waals surface area contributed by atoms with E-state index >= 15 is 0 Å². The van der Waals surface area contributed by atoms with E-state index in [9.17, 15) is 9.18 Å². The minimum Gasteiger partial charge on any atom is -0.361 e. The standard InChI is InChI=1S/C25H29FN4O/c26-20-8-9-23-21(16-20)22(17-28-23)19-6-4-18(5-7-19)15-25(31)30-13-11-29(12-14-30)24-3-1-2-10-27-24/h1-3,8-10,16-19,28H,4-7,11-15H2. The molecule has 3 aromatic rings. The van der Waals surface area contributed by atoms with Crippen LogP contribution in [0, 0.1) is 11.7 Å². The number of H-pyrrole nitrogens is 1. The number of carbonyl (C=O) groups is 1. The fraction of sp³-hybridized carbons (Fsp3) is 0.440. The monoisotopic (exact) mass is 420 g/mol. The summed E-state index contributed by atoms with van der Waals surface area (Å²) in [4.78, 5) is 24.8. The molecule has 2 fully saturated rings. The lowest BCUT2D eigenvalue weighted by molar-refractivity contribution is -0.132. The van der Waals surface area contributed by atoms with Crippen LogP contribution in [-0.4, -0.2) is 47.0 Å². The predicted molar refractivity (Wildman–Crippen MR) is 121 cm³/mol. The quantitative estimate of drug-likeness (QED) is 0.665. The van der Waals surface area contributed by atoms with Crippen molar-refractivity contribution in [2.24, 2.45) is 5.92 Å². The van der Waals surface area contributed by atoms with Crippen molar-refractivity contribution in [2.75, 3.05) is 31.1 Å². The molecular formula is C25H29FN4O. The maximum Gasteiger partial charge on any atom is 0.222 e. The molecule has 1 aliphatic heterocycles. The molecule has 1 saturated carbocycles. The summed E-state index contributed by atoms with van der Waals surface area (Å²) < 4.78 is 13.7. The van der Waals surface area contributed by atoms with E-state index in [1.165, 1.54) is 11.6 Å². The number of hydrogen-bond acceptors (Lipinski definition) is 3. The third-order valence-electron chi connectivity index (χ3n) is 7.03. The molecule has 1 saturated heterocycles. The van der Waals surface area contributed by atoms with E-state index in [0.717, 1.165) is 68.6 Å². The van der Waals surface area contributed by atoms with Gasteiger partial charge in [0.2, 0.25) is 5.91 Å². The van der Waals surface area contributed by atoms with E-state index in [1.54, 1.807) is 6.07 Å². The number of rotatable bonds is 4. The molecule has 0 bridgehead atoms. The molecule has 1 aliphatic carbocycles. The molecule has 0 atom stereocenters. The lowest BCUT2D eigenvalue weighted by atomic mass is 9.77. The second kappa shape index (κ2) is 8.69. The molecule has 0 unspecified atom stereocenters. The summed E-state index contributed by atoms with van der Waals surface area (Å²) in [6, 6.07) is 10.9. The number of amides is 1. The summed E-state index contributed by atoms with van der Waals surface area (Å²) in [5, 5.41) is 1.00. The van der Waals surface area contributed by atoms with Gasteiger partial charge in [-0.2, -0.15) is 0 Å². The minimum absolute atomic E-state index is 0.184. The average molecular weight is 421 g/mol. The summed E-state index contributed by atoms with van der Waals surface area (Å²) in [5.74, 6) is 2.00. The van der Waals surface area contributed by atoms with Crippen molar-refractivity contribution < 1.29 is 9.18 Å². The highest BCUT2D eigenvalue weighted by atomic mass is 19.1. The molecule has 5 nitrogen and oxygen atoms in total. The van der Waals surface area contributed by atoms with E-state index in [-0.39, 0.29) is 5.82 Å². The van der Waals surface area contributed by atoms with Crippen LogP contribution >= 0.6 is 0 Å². The van der Waals surface area contributed by atoms with Crippen molar-refractivity contribution in [3.8, 4) is 0 Å². The molecule has 5 rings (SSSR count). The SMILES string of the molecule is O=C(CC1CCC(c2c[nH]c3ccc(F)cc23)CC1)N1CCN(c2ccccn2)CC1. The number of aromatic nitrogens is 2. The van der Waals surface area contributed by atoms with Gasteiger partial charge in [-0.15, -0.1) is 0 Å². The first-order valence-corrected chi connectivity index (χ1v) is 11.4. The maximum absolute atomic E-state index is 13.7. The van der Waals surface area contributed by atoms with E-state index < -0.39 is 0 Å². The van der Waals surface area contributed by atoms with Crippen LogP contribution in [-0.2, 0) is 4.79 Å². The second-order valence-corrected chi connectivity index (χ2v) is 8.91. The normalized spacial score (nSPS) is 22.1. The van der Waals surface area contributed by atoms with Crippen molar-refractivity contribution >= 4 is 22.6 Å². The topological polar surface area (TPSA) is 52.2 Å². The molecule has 2 aromatic heterocycles. The van der Waals surface area contributed by atoms with Gasteiger partial charge in [0.05, 0.1) is 0 Å². The highest BCUT2D eigenvalue weighted by Gasteiger charge is 2.28. The Morgan fingerprint density at radius 3 is 2.61 bits per heavy atom. The molecule has 1 amide bonds. The summed E-state index contributed by atoms with van der Waals surface area (Å²) >= 11 is 0. The van der Waals surface area contributed by atoms with Crippen LogP contribution in [0.3, 0.4) is 0 Å². The number of piperazine rings is 1. The van der Waals surface area contributed by atoms with Crippen LogP contribution in [0.25, 0.3) is 10.9 Å². The van der Waals surface area contributed by atoms with E-state index in [1.807, 2.05) is 41.6 Å². The predicted octanol–water partition coefficient (Wildman–Crippen LogP) is 4.71. The molecule has 1 aromatic carbocycles. The van der Waals surface area contributed by atoms with Gasteiger partial charge in [0.15, 0.2) is 0 Å². The van der Waals surface area contributed by atoms with Crippen LogP contribution in [0.1, 0.15) is 43.6 Å². The van der Waals surface area contributed by atoms with Gasteiger partial charge in [-0.1, -0.05) is 6.07 Å². The number of pyridine rings is 1. The first kappa shape index (κ1) is 20.0. The Labute approximate surface area is 182 Å². The van der Waals surface area contributed by atoms with Gasteiger partial charge in [-0.05, 0) is 73.4 Å². The summed E-state index contributed by atoms with van der Waals surface area (Å²) in [5.41, 5.74) is 2.23. The van der Waals surface area contributed by atoms with Crippen LogP contribution < -0.4 is 4.90 Å². The lowest BCUT2D eigenvalue weighted by Crippen LogP contribution is -2.49. The fourth-order valence-electron chi connectivity index (χ4n) is 5.23. The Morgan fingerprint density at radius 1 is 1.06 bits per heavy atom. The van der Waals surface area contributed by atoms with Gasteiger partial charge in [0.25, 0.3) is 0 Å². The number of hydrogen-bond donors (Lipinski definition) is 1. The third-order valence-corrected chi connectivity index (χ3v) is 7.03. The summed E-state index contributed by atoms with van der Waals surface area (Å²) in [7, 11) is 0. The number of benzene rings is 1. The largest absolute Gasteiger partial charge is 0.361 e. The smallest absolute Gasteiger partial charge is 0.222 e. The van der Waals surface area contributed by atoms with Crippen molar-refractivity contribution in [3.63, 3.8) is 0 Å². The molecule has 6 heteroatoms. The Morgan fingerprint density at radius 2 is 1.87 bits per heavy atom. The number of anilines is 1. The van der Waals surface area contributed by atoms with Gasteiger partial charge >= 0.3 is 0 Å². The number of carbonyl (C=O) groups excluding carboxylic acids is 1. The highest BCUT2D eigenvalue weighted by molar-refractivity contribution is 5.83. The van der Waals surface area contributed by atoms with E-state index in [4.69, 9.17) is 0 Å². The zero-order chi connectivity index (χ0) is 21.2. The molecule has 1 N–H and O–H groups in total. The zero-order valence-electron chi connectivity index (χ0n) is 17.8. The van der Waals surface area contributed by atoms with Gasteiger partial charge in [-0.25, -0.2) is 9.37 Å². The first-order chi connectivity index (χ1) is 15.2. The Balaban J connectivity index is 1.12. The van der Waals surface area contributed by atoms with Crippen LogP contribution in [0.5, 0.6) is 0 Å². The number of nitrogens with zero attached hydrogens (tertiary/aromatic N) is 3. The van der Waals surface area contributed by atoms with Gasteiger partial charge in [0, 0.05) is 55.9 Å². The first-order valence-electron chi connectivity index (χ1n) is 11.4. The van der Waals surface area contributed by atoms with Gasteiger partial charge in [-0.3, -0.25) is 4.79 Å². The average Bonchev–Trinajstić information content (AvgIpc) is 3.23. The minimum atomic E-state index is -0.184. The molecule has 162 valence electrons. The maximum atomic E-state index is 13.7. The number of halogens is 1. The highest BCUT2D eigenvalue weighted by Crippen LogP contribution is 2.40. The van der Waals surface area contributed by atoms with E-state index in [2.05, 4.69) is 14.9 Å². The van der Waals surface area contributed by atoms with Gasteiger partial charge < -0.3 is 14.8 Å². The summed E-state index contributed by atoms with van der Waals surface area (Å²) in [6.45, 7) is 3.22. The Kier molecular flexibility index (Phi) is 5.62. The van der Waals surface area contributed by atoms with Gasteiger partial charge in [0.1, 0.15) is 11.6 Å². The number of nitrogens with one attached hydrogen (secondary N) is 1. The Hall–Kier alpha value is -2.89. The van der Waals surface area contributed by atoms with Crippen molar-refractivity contribution in [3.05, 3.63) is 60.2 Å². The van der Waals surface area contributed by atoms with E-state index in [0.29, 0.717) is 24.2 Å².